The van der Waals surface area contributed by atoms with E-state index in [1.54, 1.807) is 0 Å². The predicted octanol–water partition coefficient (Wildman–Crippen LogP) is 1.65. The van der Waals surface area contributed by atoms with E-state index in [1.165, 1.54) is 24.4 Å². The van der Waals surface area contributed by atoms with Gasteiger partial charge in [0.15, 0.2) is 0 Å². The van der Waals surface area contributed by atoms with Gasteiger partial charge < -0.3 is 5.11 Å². The predicted molar refractivity (Wildman–Crippen MR) is 45.4 cm³/mol. The number of aromatic nitrogens is 1. The number of rotatable bonds is 3. The Labute approximate surface area is 74.2 Å². The summed E-state index contributed by atoms with van der Waals surface area (Å²) in [6, 6.07) is 1.93. The summed E-state index contributed by atoms with van der Waals surface area (Å²) in [5.41, 5.74) is 1.09. The van der Waals surface area contributed by atoms with E-state index in [4.69, 9.17) is 5.11 Å². The van der Waals surface area contributed by atoms with E-state index in [1.807, 2.05) is 6.07 Å². The lowest BCUT2D eigenvalue weighted by Gasteiger charge is -1.86. The fraction of sp³-hybridized carbons (Fsp3) is 0.500. The van der Waals surface area contributed by atoms with Crippen molar-refractivity contribution < 1.29 is 9.90 Å². The summed E-state index contributed by atoms with van der Waals surface area (Å²) >= 11 is 1.32. The van der Waals surface area contributed by atoms with Gasteiger partial charge in [-0.05, 0) is 30.4 Å². The maximum absolute atomic E-state index is 10.3. The number of carbonyl (C=O) groups is 1. The molecular formula is C8H9NO2S. The Kier molecular flexibility index (Phi) is 1.84. The van der Waals surface area contributed by atoms with Gasteiger partial charge in [0, 0.05) is 10.8 Å². The Balaban J connectivity index is 2.07. The first-order valence-corrected chi connectivity index (χ1v) is 4.70. The largest absolute Gasteiger partial charge is 0.481 e. The third-order valence-corrected chi connectivity index (χ3v) is 2.70. The summed E-state index contributed by atoms with van der Waals surface area (Å²) in [5.74, 6) is -0.148. The first-order chi connectivity index (χ1) is 5.75. The number of carboxylic acid groups (broad SMARTS) is 1. The molecule has 0 spiro atoms. The number of carboxylic acids is 1. The highest BCUT2D eigenvalue weighted by molar-refractivity contribution is 7.05. The molecule has 0 bridgehead atoms. The highest BCUT2D eigenvalue weighted by Crippen LogP contribution is 2.40. The zero-order valence-electron chi connectivity index (χ0n) is 6.49. The van der Waals surface area contributed by atoms with Crippen LogP contribution in [-0.4, -0.2) is 15.4 Å². The summed E-state index contributed by atoms with van der Waals surface area (Å²) < 4.78 is 4.21. The van der Waals surface area contributed by atoms with E-state index in [2.05, 4.69) is 4.37 Å². The van der Waals surface area contributed by atoms with Gasteiger partial charge >= 0.3 is 5.97 Å². The average molecular weight is 183 g/mol. The Morgan fingerprint density at radius 2 is 2.50 bits per heavy atom. The van der Waals surface area contributed by atoms with E-state index in [-0.39, 0.29) is 6.42 Å². The summed E-state index contributed by atoms with van der Waals surface area (Å²) in [6.07, 6.45) is 2.55. The third-order valence-electron chi connectivity index (χ3n) is 1.90. The van der Waals surface area contributed by atoms with Crippen molar-refractivity contribution in [3.63, 3.8) is 0 Å². The van der Waals surface area contributed by atoms with Crippen molar-refractivity contribution in [1.82, 2.24) is 4.37 Å². The highest BCUT2D eigenvalue weighted by Gasteiger charge is 2.26. The summed E-state index contributed by atoms with van der Waals surface area (Å²) in [6.45, 7) is 0. The molecule has 1 fully saturated rings. The van der Waals surface area contributed by atoms with Crippen LogP contribution < -0.4 is 0 Å². The van der Waals surface area contributed by atoms with Crippen LogP contribution in [0.15, 0.2) is 6.07 Å². The van der Waals surface area contributed by atoms with Gasteiger partial charge in [0.2, 0.25) is 0 Å². The maximum atomic E-state index is 10.3. The van der Waals surface area contributed by atoms with Crippen LogP contribution in [0.2, 0.25) is 0 Å². The molecule has 1 aliphatic rings. The minimum atomic E-state index is -0.777. The van der Waals surface area contributed by atoms with Crippen LogP contribution in [0.25, 0.3) is 0 Å². The maximum Gasteiger partial charge on any atom is 0.308 e. The molecule has 1 saturated carbocycles. The van der Waals surface area contributed by atoms with Crippen LogP contribution in [0.1, 0.15) is 29.3 Å². The molecule has 0 unspecified atom stereocenters. The molecule has 1 N–H and O–H groups in total. The molecular weight excluding hydrogens is 174 g/mol. The first kappa shape index (κ1) is 7.73. The van der Waals surface area contributed by atoms with Gasteiger partial charge in [-0.2, -0.15) is 4.37 Å². The molecule has 0 aromatic carbocycles. The number of hydrogen-bond acceptors (Lipinski definition) is 3. The molecule has 0 amide bonds. The fourth-order valence-electron chi connectivity index (χ4n) is 1.13. The van der Waals surface area contributed by atoms with Gasteiger partial charge in [0.25, 0.3) is 0 Å². The zero-order valence-corrected chi connectivity index (χ0v) is 7.30. The molecule has 1 aromatic rings. The monoisotopic (exact) mass is 183 g/mol. The Morgan fingerprint density at radius 3 is 3.08 bits per heavy atom. The number of nitrogens with zero attached hydrogens (tertiary/aromatic N) is 1. The van der Waals surface area contributed by atoms with Crippen molar-refractivity contribution in [2.45, 2.75) is 25.2 Å². The minimum Gasteiger partial charge on any atom is -0.481 e. The Morgan fingerprint density at radius 1 is 1.75 bits per heavy atom. The smallest absolute Gasteiger partial charge is 0.308 e. The van der Waals surface area contributed by atoms with E-state index in [9.17, 15) is 4.79 Å². The molecule has 0 atom stereocenters. The van der Waals surface area contributed by atoms with Crippen molar-refractivity contribution in [2.24, 2.45) is 0 Å². The average Bonchev–Trinajstić information content (AvgIpc) is 2.73. The Bertz CT molecular complexity index is 304. The second-order valence-corrected chi connectivity index (χ2v) is 3.95. The van der Waals surface area contributed by atoms with Crippen LogP contribution >= 0.6 is 11.5 Å². The van der Waals surface area contributed by atoms with Crippen molar-refractivity contribution in [3.05, 3.63) is 16.6 Å². The van der Waals surface area contributed by atoms with E-state index >= 15 is 0 Å². The molecule has 0 radical (unpaired) electrons. The van der Waals surface area contributed by atoms with E-state index in [0.717, 1.165) is 10.6 Å². The van der Waals surface area contributed by atoms with Gasteiger partial charge in [0.1, 0.15) is 0 Å². The van der Waals surface area contributed by atoms with E-state index in [0.29, 0.717) is 5.92 Å². The molecule has 64 valence electrons. The van der Waals surface area contributed by atoms with Crippen LogP contribution in [-0.2, 0) is 11.2 Å². The second kappa shape index (κ2) is 2.86. The van der Waals surface area contributed by atoms with E-state index < -0.39 is 5.97 Å². The van der Waals surface area contributed by atoms with Gasteiger partial charge in [-0.15, -0.1) is 0 Å². The van der Waals surface area contributed by atoms with Crippen LogP contribution in [0.5, 0.6) is 0 Å². The lowest BCUT2D eigenvalue weighted by molar-refractivity contribution is -0.136. The fourth-order valence-corrected chi connectivity index (χ4v) is 1.92. The van der Waals surface area contributed by atoms with Crippen molar-refractivity contribution in [2.75, 3.05) is 0 Å². The molecule has 4 heteroatoms. The summed E-state index contributed by atoms with van der Waals surface area (Å²) in [5, 5.41) is 8.51. The minimum absolute atomic E-state index is 0.115. The molecule has 0 saturated heterocycles. The van der Waals surface area contributed by atoms with Crippen LogP contribution in [0, 0.1) is 0 Å². The lowest BCUT2D eigenvalue weighted by atomic mass is 10.2. The molecule has 3 nitrogen and oxygen atoms in total. The van der Waals surface area contributed by atoms with Gasteiger partial charge in [-0.3, -0.25) is 4.79 Å². The highest BCUT2D eigenvalue weighted by atomic mass is 32.1. The summed E-state index contributed by atoms with van der Waals surface area (Å²) in [4.78, 5) is 11.2. The van der Waals surface area contributed by atoms with Crippen molar-refractivity contribution in [1.29, 1.82) is 0 Å². The molecule has 1 aromatic heterocycles. The first-order valence-electron chi connectivity index (χ1n) is 3.93. The third kappa shape index (κ3) is 1.64. The van der Waals surface area contributed by atoms with Crippen LogP contribution in [0.4, 0.5) is 0 Å². The molecule has 1 aliphatic carbocycles. The van der Waals surface area contributed by atoms with Crippen molar-refractivity contribution in [3.8, 4) is 0 Å². The van der Waals surface area contributed by atoms with Crippen molar-refractivity contribution >= 4 is 17.5 Å². The number of hydrogen-bond donors (Lipinski definition) is 1. The lowest BCUT2D eigenvalue weighted by Crippen LogP contribution is -1.97. The second-order valence-electron chi connectivity index (χ2n) is 3.06. The Hall–Kier alpha value is -0.900. The standard InChI is InChI=1S/C8H9NO2S/c10-8(11)4-6-3-7(9-12-6)5-1-2-5/h3,5H,1-2,4H2,(H,10,11). The quantitative estimate of drug-likeness (QED) is 0.775. The molecule has 12 heavy (non-hydrogen) atoms. The normalized spacial score (nSPS) is 16.3. The number of aliphatic carboxylic acids is 1. The molecule has 2 rings (SSSR count). The summed E-state index contributed by atoms with van der Waals surface area (Å²) in [7, 11) is 0. The topological polar surface area (TPSA) is 50.2 Å². The van der Waals surface area contributed by atoms with Crippen LogP contribution in [0.3, 0.4) is 0 Å². The van der Waals surface area contributed by atoms with Gasteiger partial charge in [0.05, 0.1) is 12.1 Å². The zero-order chi connectivity index (χ0) is 8.55. The van der Waals surface area contributed by atoms with Gasteiger partial charge in [-0.25, -0.2) is 0 Å². The molecule has 0 aliphatic heterocycles. The molecule has 1 heterocycles. The SMILES string of the molecule is O=C(O)Cc1cc(C2CC2)ns1. The van der Waals surface area contributed by atoms with Gasteiger partial charge in [-0.1, -0.05) is 0 Å².